The number of carbonyl (C=O) groups is 1. The van der Waals surface area contributed by atoms with Crippen LogP contribution in [0.25, 0.3) is 0 Å². The molecular weight excluding hydrogens is 288 g/mol. The van der Waals surface area contributed by atoms with E-state index >= 15 is 0 Å². The molecule has 20 heavy (non-hydrogen) atoms. The van der Waals surface area contributed by atoms with E-state index in [1.165, 1.54) is 6.07 Å². The number of rotatable bonds is 7. The first-order valence-electron chi connectivity index (χ1n) is 5.36. The average Bonchev–Trinajstić information content (AvgIpc) is 2.35. The van der Waals surface area contributed by atoms with Gasteiger partial charge in [-0.3, -0.25) is 14.9 Å². The van der Waals surface area contributed by atoms with Gasteiger partial charge in [0.25, 0.3) is 5.69 Å². The maximum Gasteiger partial charge on any atom is 0.292 e. The molecule has 0 aliphatic rings. The number of primary amides is 1. The van der Waals surface area contributed by atoms with Crippen LogP contribution in [0.5, 0.6) is 5.75 Å². The van der Waals surface area contributed by atoms with E-state index in [-0.39, 0.29) is 30.4 Å². The minimum atomic E-state index is -0.790. The molecule has 0 aromatic heterocycles. The van der Waals surface area contributed by atoms with Crippen molar-refractivity contribution in [2.24, 2.45) is 5.73 Å². The van der Waals surface area contributed by atoms with E-state index < -0.39 is 16.5 Å². The molecule has 8 heteroatoms. The highest BCUT2D eigenvalue weighted by molar-refractivity contribution is 6.34. The van der Waals surface area contributed by atoms with Crippen molar-refractivity contribution in [3.63, 3.8) is 0 Å². The lowest BCUT2D eigenvalue weighted by Gasteiger charge is -2.09. The number of benzene rings is 1. The summed E-state index contributed by atoms with van der Waals surface area (Å²) in [6.45, 7) is 0.738. The van der Waals surface area contributed by atoms with Crippen LogP contribution in [0.1, 0.15) is 24.2 Å². The van der Waals surface area contributed by atoms with Gasteiger partial charge in [0.1, 0.15) is 5.75 Å². The Balaban J connectivity index is 0.00000361. The minimum absolute atomic E-state index is 0. The molecule has 2 N–H and O–H groups in total. The van der Waals surface area contributed by atoms with E-state index in [4.69, 9.17) is 26.8 Å². The lowest BCUT2D eigenvalue weighted by Crippen LogP contribution is -2.12. The average molecular weight is 305 g/mol. The van der Waals surface area contributed by atoms with E-state index in [1.807, 2.05) is 0 Å². The van der Waals surface area contributed by atoms with Gasteiger partial charge in [-0.25, -0.2) is 0 Å². The predicted octanol–water partition coefficient (Wildman–Crippen LogP) is 2.40. The van der Waals surface area contributed by atoms with E-state index in [0.717, 1.165) is 6.07 Å². The number of nitrogens with two attached hydrogens (primary N) is 1. The minimum Gasteiger partial charge on any atom is -0.492 e. The predicted molar refractivity (Wildman–Crippen MR) is 75.3 cm³/mol. The lowest BCUT2D eigenvalue weighted by atomic mass is 10.2. The van der Waals surface area contributed by atoms with Gasteiger partial charge < -0.3 is 15.2 Å². The van der Waals surface area contributed by atoms with Crippen molar-refractivity contribution < 1.29 is 19.2 Å². The Kier molecular flexibility index (Phi) is 7.56. The van der Waals surface area contributed by atoms with E-state index in [2.05, 4.69) is 0 Å². The molecule has 0 saturated carbocycles. The quantitative estimate of drug-likeness (QED) is 0.473. The number of nitrogens with zero attached hydrogens (tertiary/aromatic N) is 1. The maximum absolute atomic E-state index is 11.1. The molecule has 0 aliphatic heterocycles. The van der Waals surface area contributed by atoms with Crippen LogP contribution in [0.15, 0.2) is 12.1 Å². The molecule has 0 atom stereocenters. The second kappa shape index (κ2) is 8.34. The molecule has 1 aromatic rings. The summed E-state index contributed by atoms with van der Waals surface area (Å²) in [7, 11) is 1.55. The number of hydrogen-bond donors (Lipinski definition) is 1. The van der Waals surface area contributed by atoms with Crippen LogP contribution in [-0.4, -0.2) is 31.2 Å². The highest BCUT2D eigenvalue weighted by Crippen LogP contribution is 2.35. The topological polar surface area (TPSA) is 105 Å². The maximum atomic E-state index is 11.1. The van der Waals surface area contributed by atoms with E-state index in [0.29, 0.717) is 13.0 Å². The van der Waals surface area contributed by atoms with Crippen molar-refractivity contribution in [3.8, 4) is 5.75 Å². The zero-order chi connectivity index (χ0) is 14.4. The third kappa shape index (κ3) is 4.67. The van der Waals surface area contributed by atoms with Crippen molar-refractivity contribution in [3.05, 3.63) is 32.8 Å². The highest BCUT2D eigenvalue weighted by atomic mass is 35.5. The number of halogens is 1. The molecule has 0 radical (unpaired) electrons. The molecule has 0 bridgehead atoms. The van der Waals surface area contributed by atoms with Gasteiger partial charge >= 0.3 is 0 Å². The molecule has 112 valence electrons. The number of hydrogen-bond acceptors (Lipinski definition) is 5. The third-order valence-electron chi connectivity index (χ3n) is 2.25. The first-order valence-corrected chi connectivity index (χ1v) is 5.74. The third-order valence-corrected chi connectivity index (χ3v) is 2.63. The Morgan fingerprint density at radius 1 is 1.45 bits per heavy atom. The zero-order valence-electron chi connectivity index (χ0n) is 10.2. The first-order chi connectivity index (χ1) is 8.97. The molecule has 0 saturated heterocycles. The van der Waals surface area contributed by atoms with Crippen LogP contribution in [0.2, 0.25) is 5.02 Å². The monoisotopic (exact) mass is 304 g/mol. The Morgan fingerprint density at radius 2 is 2.10 bits per heavy atom. The van der Waals surface area contributed by atoms with Gasteiger partial charge in [0.2, 0.25) is 5.91 Å². The lowest BCUT2D eigenvalue weighted by molar-refractivity contribution is -0.384. The molecule has 7 nitrogen and oxygen atoms in total. The van der Waals surface area contributed by atoms with Crippen LogP contribution in [0.3, 0.4) is 0 Å². The Morgan fingerprint density at radius 3 is 2.60 bits per heavy atom. The summed E-state index contributed by atoms with van der Waals surface area (Å²) in [4.78, 5) is 21.2. The zero-order valence-corrected chi connectivity index (χ0v) is 11.0. The van der Waals surface area contributed by atoms with Crippen molar-refractivity contribution in [2.75, 3.05) is 20.3 Å². The normalized spacial score (nSPS) is 9.70. The standard InChI is InChI=1S/C11H13ClN2O5.CH4/c1-18-3-2-4-19-9-6-7(11(13)15)5-8(10(9)12)14(16)17;/h5-6H,2-4H2,1H3,(H2,13,15);1H4. The number of methoxy groups -OCH3 is 1. The van der Waals surface area contributed by atoms with Crippen LogP contribution in [0, 0.1) is 10.1 Å². The summed E-state index contributed by atoms with van der Waals surface area (Å²) in [5.41, 5.74) is 4.65. The molecule has 0 spiro atoms. The van der Waals surface area contributed by atoms with Crippen LogP contribution >= 0.6 is 11.6 Å². The van der Waals surface area contributed by atoms with E-state index in [9.17, 15) is 14.9 Å². The van der Waals surface area contributed by atoms with Gasteiger partial charge in [0.05, 0.1) is 11.5 Å². The van der Waals surface area contributed by atoms with Crippen LogP contribution < -0.4 is 10.5 Å². The fraction of sp³-hybridized carbons (Fsp3) is 0.417. The SMILES string of the molecule is C.COCCCOc1cc(C(N)=O)cc([N+](=O)[O-])c1Cl. The Labute approximate surface area is 121 Å². The molecule has 0 fully saturated rings. The van der Waals surface area contributed by atoms with Crippen LogP contribution in [-0.2, 0) is 4.74 Å². The van der Waals surface area contributed by atoms with Crippen molar-refractivity contribution >= 4 is 23.2 Å². The smallest absolute Gasteiger partial charge is 0.292 e. The summed E-state index contributed by atoms with van der Waals surface area (Å²) in [6.07, 6.45) is 0.585. The second-order valence-electron chi connectivity index (χ2n) is 3.62. The summed E-state index contributed by atoms with van der Waals surface area (Å²) in [5.74, 6) is -0.734. The van der Waals surface area contributed by atoms with Gasteiger partial charge in [0.15, 0.2) is 5.02 Å². The Hall–Kier alpha value is -1.86. The molecule has 0 heterocycles. The highest BCUT2D eigenvalue weighted by Gasteiger charge is 2.20. The summed E-state index contributed by atoms with van der Waals surface area (Å²) in [5, 5.41) is 10.7. The first kappa shape index (κ1) is 18.1. The summed E-state index contributed by atoms with van der Waals surface area (Å²) >= 11 is 5.84. The van der Waals surface area contributed by atoms with E-state index in [1.54, 1.807) is 7.11 Å². The van der Waals surface area contributed by atoms with Crippen molar-refractivity contribution in [2.45, 2.75) is 13.8 Å². The van der Waals surface area contributed by atoms with Crippen LogP contribution in [0.4, 0.5) is 5.69 Å². The van der Waals surface area contributed by atoms with Gasteiger partial charge in [-0.05, 0) is 6.07 Å². The largest absolute Gasteiger partial charge is 0.492 e. The van der Waals surface area contributed by atoms with Gasteiger partial charge in [0, 0.05) is 31.8 Å². The number of nitro groups is 1. The summed E-state index contributed by atoms with van der Waals surface area (Å²) in [6, 6.07) is 2.30. The summed E-state index contributed by atoms with van der Waals surface area (Å²) < 4.78 is 10.1. The molecule has 0 aliphatic carbocycles. The number of carbonyl (C=O) groups excluding carboxylic acids is 1. The number of nitro benzene ring substituents is 1. The fourth-order valence-corrected chi connectivity index (χ4v) is 1.58. The fourth-order valence-electron chi connectivity index (χ4n) is 1.35. The number of amides is 1. The molecule has 1 rings (SSSR count). The Bertz CT molecular complexity index is 493. The number of ether oxygens (including phenoxy) is 2. The van der Waals surface area contributed by atoms with Crippen molar-refractivity contribution in [1.29, 1.82) is 0 Å². The molecular formula is C12H17ClN2O5. The van der Waals surface area contributed by atoms with Crippen molar-refractivity contribution in [1.82, 2.24) is 0 Å². The molecule has 0 unspecified atom stereocenters. The van der Waals surface area contributed by atoms with Gasteiger partial charge in [-0.1, -0.05) is 19.0 Å². The van der Waals surface area contributed by atoms with Gasteiger partial charge in [-0.15, -0.1) is 0 Å². The second-order valence-corrected chi connectivity index (χ2v) is 4.00. The molecule has 1 amide bonds. The van der Waals surface area contributed by atoms with Gasteiger partial charge in [-0.2, -0.15) is 0 Å². The molecule has 1 aromatic carbocycles.